The Labute approximate surface area is 150 Å². The van der Waals surface area contributed by atoms with Crippen molar-refractivity contribution in [2.45, 2.75) is 33.7 Å². The van der Waals surface area contributed by atoms with E-state index in [9.17, 15) is 0 Å². The Hall–Kier alpha value is -0.830. The van der Waals surface area contributed by atoms with Gasteiger partial charge in [0.15, 0.2) is 5.96 Å². The number of halogens is 1. The molecule has 1 saturated heterocycles. The molecule has 0 radical (unpaired) electrons. The van der Waals surface area contributed by atoms with Crippen molar-refractivity contribution in [3.05, 3.63) is 17.3 Å². The van der Waals surface area contributed by atoms with Gasteiger partial charge in [-0.1, -0.05) is 0 Å². The van der Waals surface area contributed by atoms with E-state index in [1.807, 2.05) is 13.8 Å². The Morgan fingerprint density at radius 1 is 1.41 bits per heavy atom. The van der Waals surface area contributed by atoms with Gasteiger partial charge in [0.05, 0.1) is 5.69 Å². The Bertz CT molecular complexity index is 469. The molecule has 0 aromatic carbocycles. The molecule has 2 rings (SSSR count). The number of nitrogens with zero attached hydrogens (tertiary/aromatic N) is 3. The molecule has 1 fully saturated rings. The summed E-state index contributed by atoms with van der Waals surface area (Å²) >= 11 is 0. The van der Waals surface area contributed by atoms with E-state index < -0.39 is 0 Å². The molecule has 0 aliphatic carbocycles. The second kappa shape index (κ2) is 9.34. The third-order valence-corrected chi connectivity index (χ3v) is 3.84. The SMILES string of the molecule is CCNC(=NCc1nc(C)c(C)o1)NCC1CCN(C)C1.I. The number of rotatable bonds is 5. The molecule has 2 N–H and O–H groups in total. The highest BCUT2D eigenvalue weighted by atomic mass is 127. The molecule has 0 saturated carbocycles. The summed E-state index contributed by atoms with van der Waals surface area (Å²) in [6.07, 6.45) is 1.25. The molecule has 1 aliphatic rings. The third kappa shape index (κ3) is 5.75. The molecule has 126 valence electrons. The molecular weight excluding hydrogens is 393 g/mol. The number of hydrogen-bond acceptors (Lipinski definition) is 4. The van der Waals surface area contributed by atoms with Crippen LogP contribution in [0.1, 0.15) is 30.7 Å². The molecule has 6 nitrogen and oxygen atoms in total. The van der Waals surface area contributed by atoms with E-state index in [-0.39, 0.29) is 24.0 Å². The van der Waals surface area contributed by atoms with Gasteiger partial charge in [0.2, 0.25) is 5.89 Å². The summed E-state index contributed by atoms with van der Waals surface area (Å²) in [4.78, 5) is 11.3. The first-order valence-electron chi connectivity index (χ1n) is 7.72. The van der Waals surface area contributed by atoms with Gasteiger partial charge < -0.3 is 20.0 Å². The quantitative estimate of drug-likeness (QED) is 0.432. The molecule has 1 aromatic rings. The smallest absolute Gasteiger partial charge is 0.216 e. The fourth-order valence-electron chi connectivity index (χ4n) is 2.53. The Morgan fingerprint density at radius 2 is 2.18 bits per heavy atom. The van der Waals surface area contributed by atoms with Gasteiger partial charge in [0.25, 0.3) is 0 Å². The summed E-state index contributed by atoms with van der Waals surface area (Å²) < 4.78 is 5.55. The molecule has 0 amide bonds. The molecule has 0 spiro atoms. The van der Waals surface area contributed by atoms with Crippen molar-refractivity contribution in [1.29, 1.82) is 0 Å². The maximum atomic E-state index is 5.55. The van der Waals surface area contributed by atoms with E-state index >= 15 is 0 Å². The van der Waals surface area contributed by atoms with Crippen LogP contribution in [0.4, 0.5) is 0 Å². The number of oxazole rings is 1. The van der Waals surface area contributed by atoms with Crippen molar-refractivity contribution in [3.8, 4) is 0 Å². The predicted octanol–water partition coefficient (Wildman–Crippen LogP) is 1.92. The fourth-order valence-corrected chi connectivity index (χ4v) is 2.53. The van der Waals surface area contributed by atoms with Crippen LogP contribution in [0, 0.1) is 19.8 Å². The van der Waals surface area contributed by atoms with Crippen LogP contribution in [-0.4, -0.2) is 49.1 Å². The van der Waals surface area contributed by atoms with Crippen molar-refractivity contribution in [1.82, 2.24) is 20.5 Å². The van der Waals surface area contributed by atoms with E-state index in [0.717, 1.165) is 37.0 Å². The van der Waals surface area contributed by atoms with E-state index in [0.29, 0.717) is 18.4 Å². The second-order valence-corrected chi connectivity index (χ2v) is 5.74. The summed E-state index contributed by atoms with van der Waals surface area (Å²) in [5.41, 5.74) is 0.937. The number of aromatic nitrogens is 1. The largest absolute Gasteiger partial charge is 0.444 e. The number of hydrogen-bond donors (Lipinski definition) is 2. The molecule has 22 heavy (non-hydrogen) atoms. The number of aliphatic imine (C=N–C) groups is 1. The molecular formula is C15H28IN5O. The van der Waals surface area contributed by atoms with Gasteiger partial charge in [-0.25, -0.2) is 9.98 Å². The van der Waals surface area contributed by atoms with Crippen LogP contribution in [0.3, 0.4) is 0 Å². The summed E-state index contributed by atoms with van der Waals surface area (Å²) in [7, 11) is 2.17. The maximum Gasteiger partial charge on any atom is 0.216 e. The normalized spacial score (nSPS) is 19.1. The van der Waals surface area contributed by atoms with Crippen molar-refractivity contribution < 1.29 is 4.42 Å². The minimum absolute atomic E-state index is 0. The fraction of sp³-hybridized carbons (Fsp3) is 0.733. The highest BCUT2D eigenvalue weighted by Gasteiger charge is 2.19. The number of likely N-dealkylation sites (tertiary alicyclic amines) is 1. The number of nitrogens with one attached hydrogen (secondary N) is 2. The maximum absolute atomic E-state index is 5.55. The minimum atomic E-state index is 0. The zero-order chi connectivity index (χ0) is 15.2. The molecule has 2 heterocycles. The molecule has 1 aliphatic heterocycles. The Balaban J connectivity index is 0.00000242. The van der Waals surface area contributed by atoms with Crippen LogP contribution in [0.25, 0.3) is 0 Å². The lowest BCUT2D eigenvalue weighted by molar-refractivity contribution is 0.394. The van der Waals surface area contributed by atoms with Gasteiger partial charge >= 0.3 is 0 Å². The van der Waals surface area contributed by atoms with Gasteiger partial charge in [0, 0.05) is 19.6 Å². The van der Waals surface area contributed by atoms with E-state index in [2.05, 4.69) is 39.5 Å². The van der Waals surface area contributed by atoms with Gasteiger partial charge in [-0.05, 0) is 46.7 Å². The number of guanidine groups is 1. The van der Waals surface area contributed by atoms with E-state index in [1.165, 1.54) is 13.0 Å². The van der Waals surface area contributed by atoms with Crippen LogP contribution in [0.5, 0.6) is 0 Å². The first-order valence-corrected chi connectivity index (χ1v) is 7.72. The first-order chi connectivity index (χ1) is 10.1. The van der Waals surface area contributed by atoms with Crippen molar-refractivity contribution in [2.24, 2.45) is 10.9 Å². The van der Waals surface area contributed by atoms with Gasteiger partial charge in [-0.3, -0.25) is 0 Å². The molecule has 1 unspecified atom stereocenters. The summed E-state index contributed by atoms with van der Waals surface area (Å²) in [5.74, 6) is 3.07. The summed E-state index contributed by atoms with van der Waals surface area (Å²) in [6, 6.07) is 0. The molecule has 0 bridgehead atoms. The zero-order valence-corrected chi connectivity index (χ0v) is 16.3. The van der Waals surface area contributed by atoms with Gasteiger partial charge in [-0.15, -0.1) is 24.0 Å². The highest BCUT2D eigenvalue weighted by molar-refractivity contribution is 14.0. The summed E-state index contributed by atoms with van der Waals surface area (Å²) in [6.45, 7) is 10.6. The average molecular weight is 421 g/mol. The average Bonchev–Trinajstić information content (AvgIpc) is 3.00. The standard InChI is InChI=1S/C15H27N5O.HI/c1-5-16-15(17-8-13-6-7-20(4)10-13)18-9-14-19-11(2)12(3)21-14;/h13H,5-10H2,1-4H3,(H2,16,17,18);1H. The van der Waals surface area contributed by atoms with Crippen LogP contribution in [0.2, 0.25) is 0 Å². The topological polar surface area (TPSA) is 65.7 Å². The third-order valence-electron chi connectivity index (χ3n) is 3.84. The van der Waals surface area contributed by atoms with Crippen LogP contribution in [-0.2, 0) is 6.54 Å². The minimum Gasteiger partial charge on any atom is -0.444 e. The molecule has 7 heteroatoms. The van der Waals surface area contributed by atoms with Crippen LogP contribution >= 0.6 is 24.0 Å². The molecule has 1 aromatic heterocycles. The van der Waals surface area contributed by atoms with Gasteiger partial charge in [0.1, 0.15) is 12.3 Å². The number of aryl methyl sites for hydroxylation is 2. The van der Waals surface area contributed by atoms with Gasteiger partial charge in [-0.2, -0.15) is 0 Å². The van der Waals surface area contributed by atoms with E-state index in [4.69, 9.17) is 4.42 Å². The zero-order valence-electron chi connectivity index (χ0n) is 14.0. The lowest BCUT2D eigenvalue weighted by atomic mass is 10.1. The Kier molecular flexibility index (Phi) is 8.16. The predicted molar refractivity (Wildman–Crippen MR) is 99.8 cm³/mol. The van der Waals surface area contributed by atoms with Crippen LogP contribution in [0.15, 0.2) is 9.41 Å². The van der Waals surface area contributed by atoms with E-state index in [1.54, 1.807) is 0 Å². The van der Waals surface area contributed by atoms with Crippen LogP contribution < -0.4 is 10.6 Å². The van der Waals surface area contributed by atoms with Crippen molar-refractivity contribution >= 4 is 29.9 Å². The lowest BCUT2D eigenvalue weighted by Crippen LogP contribution is -2.40. The first kappa shape index (κ1) is 19.2. The molecule has 1 atom stereocenters. The van der Waals surface area contributed by atoms with Crippen molar-refractivity contribution in [2.75, 3.05) is 33.2 Å². The van der Waals surface area contributed by atoms with Crippen molar-refractivity contribution in [3.63, 3.8) is 0 Å². The lowest BCUT2D eigenvalue weighted by Gasteiger charge is -2.15. The second-order valence-electron chi connectivity index (χ2n) is 5.74. The monoisotopic (exact) mass is 421 g/mol. The highest BCUT2D eigenvalue weighted by Crippen LogP contribution is 2.13. The summed E-state index contributed by atoms with van der Waals surface area (Å²) in [5, 5.41) is 6.68. The Morgan fingerprint density at radius 3 is 2.73 bits per heavy atom.